The van der Waals surface area contributed by atoms with Crippen LogP contribution in [0.3, 0.4) is 0 Å². The molecule has 0 aliphatic rings. The molecule has 3 N–H and O–H groups in total. The Bertz CT molecular complexity index is 422. The molecule has 8 nitrogen and oxygen atoms in total. The average Bonchev–Trinajstić information content (AvgIpc) is 2.32. The van der Waals surface area contributed by atoms with Crippen LogP contribution in [0, 0.1) is 0 Å². The molecule has 2 amide bonds. The van der Waals surface area contributed by atoms with Crippen molar-refractivity contribution < 1.29 is 22.6 Å². The topological polar surface area (TPSA) is 116 Å². The van der Waals surface area contributed by atoms with Gasteiger partial charge in [0.05, 0.1) is 13.1 Å². The smallest absolute Gasteiger partial charge is 0.283 e. The van der Waals surface area contributed by atoms with Crippen molar-refractivity contribution in [2.75, 3.05) is 25.5 Å². The van der Waals surface area contributed by atoms with Crippen molar-refractivity contribution in [2.24, 2.45) is 0 Å². The summed E-state index contributed by atoms with van der Waals surface area (Å²) in [6.07, 6.45) is 0.822. The standard InChI is InChI=1S/C11H23N3O5S/c1-4-5-12-10(15)6-14(9(2)3)7-11(16)13-8-20(17,18)19/h9H,4-8H2,1-3H3,(H,12,15)(H,13,16)(H,17,18,19). The Kier molecular flexibility index (Phi) is 8.35. The van der Waals surface area contributed by atoms with E-state index in [1.54, 1.807) is 4.90 Å². The first-order valence-corrected chi connectivity index (χ1v) is 7.99. The molecule has 0 rings (SSSR count). The second-order valence-corrected chi connectivity index (χ2v) is 6.13. The molecule has 0 spiro atoms. The molecule has 0 aliphatic carbocycles. The first kappa shape index (κ1) is 18.8. The minimum Gasteiger partial charge on any atom is -0.355 e. The van der Waals surface area contributed by atoms with E-state index in [4.69, 9.17) is 4.55 Å². The molecule has 0 heterocycles. The zero-order valence-corrected chi connectivity index (χ0v) is 12.9. The fourth-order valence-electron chi connectivity index (χ4n) is 1.34. The van der Waals surface area contributed by atoms with Crippen molar-refractivity contribution >= 4 is 21.9 Å². The summed E-state index contributed by atoms with van der Waals surface area (Å²) < 4.78 is 29.6. The van der Waals surface area contributed by atoms with Gasteiger partial charge in [-0.15, -0.1) is 0 Å². The molecule has 0 bridgehead atoms. The monoisotopic (exact) mass is 309 g/mol. The van der Waals surface area contributed by atoms with Crippen molar-refractivity contribution in [3.63, 3.8) is 0 Å². The molecule has 0 aliphatic heterocycles. The van der Waals surface area contributed by atoms with Gasteiger partial charge < -0.3 is 10.6 Å². The lowest BCUT2D eigenvalue weighted by atomic mass is 10.3. The molecule has 0 radical (unpaired) electrons. The van der Waals surface area contributed by atoms with Gasteiger partial charge >= 0.3 is 0 Å². The van der Waals surface area contributed by atoms with E-state index >= 15 is 0 Å². The highest BCUT2D eigenvalue weighted by Gasteiger charge is 2.18. The lowest BCUT2D eigenvalue weighted by Gasteiger charge is -2.25. The molecule has 9 heteroatoms. The lowest BCUT2D eigenvalue weighted by Crippen LogP contribution is -2.46. The van der Waals surface area contributed by atoms with Gasteiger partial charge in [-0.05, 0) is 20.3 Å². The Morgan fingerprint density at radius 1 is 1.15 bits per heavy atom. The van der Waals surface area contributed by atoms with Crippen LogP contribution < -0.4 is 10.6 Å². The molecule has 0 saturated heterocycles. The van der Waals surface area contributed by atoms with Gasteiger partial charge in [-0.25, -0.2) is 0 Å². The Labute approximate surface area is 119 Å². The lowest BCUT2D eigenvalue weighted by molar-refractivity contribution is -0.125. The van der Waals surface area contributed by atoms with E-state index in [-0.39, 0.29) is 25.0 Å². The van der Waals surface area contributed by atoms with Gasteiger partial charge in [-0.1, -0.05) is 6.92 Å². The molecule has 0 aromatic rings. The van der Waals surface area contributed by atoms with Gasteiger partial charge in [0.25, 0.3) is 10.1 Å². The van der Waals surface area contributed by atoms with Crippen LogP contribution in [0.5, 0.6) is 0 Å². The van der Waals surface area contributed by atoms with E-state index in [1.165, 1.54) is 0 Å². The molecule has 0 aromatic heterocycles. The fraction of sp³-hybridized carbons (Fsp3) is 0.818. The van der Waals surface area contributed by atoms with E-state index in [0.29, 0.717) is 6.54 Å². The van der Waals surface area contributed by atoms with Crippen LogP contribution in [-0.2, 0) is 19.7 Å². The minimum absolute atomic E-state index is 0.0525. The van der Waals surface area contributed by atoms with Crippen molar-refractivity contribution in [3.8, 4) is 0 Å². The van der Waals surface area contributed by atoms with Crippen LogP contribution in [0.15, 0.2) is 0 Å². The average molecular weight is 309 g/mol. The second-order valence-electron chi connectivity index (χ2n) is 4.67. The van der Waals surface area contributed by atoms with Crippen molar-refractivity contribution in [2.45, 2.75) is 33.2 Å². The quantitative estimate of drug-likeness (QED) is 0.479. The van der Waals surface area contributed by atoms with E-state index in [9.17, 15) is 18.0 Å². The van der Waals surface area contributed by atoms with Gasteiger partial charge in [0.15, 0.2) is 0 Å². The predicted molar refractivity (Wildman–Crippen MR) is 74.6 cm³/mol. The van der Waals surface area contributed by atoms with E-state index < -0.39 is 21.9 Å². The summed E-state index contributed by atoms with van der Waals surface area (Å²) in [6, 6.07) is -0.0566. The minimum atomic E-state index is -4.24. The maximum atomic E-state index is 11.6. The number of amides is 2. The van der Waals surface area contributed by atoms with Crippen molar-refractivity contribution in [1.29, 1.82) is 0 Å². The molecular formula is C11H23N3O5S. The zero-order chi connectivity index (χ0) is 15.8. The molecule has 118 valence electrons. The number of rotatable bonds is 9. The summed E-state index contributed by atoms with van der Waals surface area (Å²) in [6.45, 7) is 6.08. The molecular weight excluding hydrogens is 286 g/mol. The van der Waals surface area contributed by atoms with Crippen molar-refractivity contribution in [3.05, 3.63) is 0 Å². The van der Waals surface area contributed by atoms with Gasteiger partial charge in [-0.3, -0.25) is 19.0 Å². The Morgan fingerprint density at radius 2 is 1.65 bits per heavy atom. The normalized spacial score (nSPS) is 11.7. The van der Waals surface area contributed by atoms with Crippen LogP contribution in [0.2, 0.25) is 0 Å². The third-order valence-corrected chi connectivity index (χ3v) is 2.96. The summed E-state index contributed by atoms with van der Waals surface area (Å²) >= 11 is 0. The summed E-state index contributed by atoms with van der Waals surface area (Å²) in [5, 5.41) is 4.77. The zero-order valence-electron chi connectivity index (χ0n) is 12.0. The van der Waals surface area contributed by atoms with Crippen LogP contribution in [0.4, 0.5) is 0 Å². The maximum absolute atomic E-state index is 11.6. The van der Waals surface area contributed by atoms with Crippen LogP contribution in [-0.4, -0.2) is 61.2 Å². The number of hydrogen-bond acceptors (Lipinski definition) is 5. The third-order valence-electron chi connectivity index (χ3n) is 2.45. The van der Waals surface area contributed by atoms with Crippen LogP contribution >= 0.6 is 0 Å². The largest absolute Gasteiger partial charge is 0.355 e. The van der Waals surface area contributed by atoms with Crippen molar-refractivity contribution in [1.82, 2.24) is 15.5 Å². The number of nitrogens with one attached hydrogen (secondary N) is 2. The molecule has 0 aromatic carbocycles. The van der Waals surface area contributed by atoms with Gasteiger partial charge in [-0.2, -0.15) is 8.42 Å². The number of carbonyl (C=O) groups is 2. The first-order valence-electron chi connectivity index (χ1n) is 6.38. The molecule has 0 unspecified atom stereocenters. The molecule has 20 heavy (non-hydrogen) atoms. The third kappa shape index (κ3) is 9.70. The van der Waals surface area contributed by atoms with Crippen LogP contribution in [0.25, 0.3) is 0 Å². The Balaban J connectivity index is 4.33. The maximum Gasteiger partial charge on any atom is 0.283 e. The number of hydrogen-bond donors (Lipinski definition) is 3. The Hall–Kier alpha value is -1.19. The van der Waals surface area contributed by atoms with E-state index in [0.717, 1.165) is 6.42 Å². The fourth-order valence-corrected chi connectivity index (χ4v) is 1.68. The van der Waals surface area contributed by atoms with Crippen LogP contribution in [0.1, 0.15) is 27.2 Å². The van der Waals surface area contributed by atoms with E-state index in [1.807, 2.05) is 20.8 Å². The molecule has 0 fully saturated rings. The van der Waals surface area contributed by atoms with Gasteiger partial charge in [0.1, 0.15) is 5.88 Å². The molecule has 0 saturated carbocycles. The highest BCUT2D eigenvalue weighted by molar-refractivity contribution is 7.85. The summed E-state index contributed by atoms with van der Waals surface area (Å²) in [5.74, 6) is -1.59. The highest BCUT2D eigenvalue weighted by atomic mass is 32.2. The van der Waals surface area contributed by atoms with Gasteiger partial charge in [0, 0.05) is 12.6 Å². The second kappa shape index (κ2) is 8.88. The number of nitrogens with zero attached hydrogens (tertiary/aromatic N) is 1. The number of carbonyl (C=O) groups excluding carboxylic acids is 2. The summed E-state index contributed by atoms with van der Waals surface area (Å²) in [7, 11) is -4.24. The predicted octanol–water partition coefficient (Wildman–Crippen LogP) is -0.815. The SMILES string of the molecule is CCCNC(=O)CN(CC(=O)NCS(=O)(=O)O)C(C)C. The Morgan fingerprint density at radius 3 is 2.05 bits per heavy atom. The van der Waals surface area contributed by atoms with E-state index in [2.05, 4.69) is 10.6 Å². The molecule has 0 atom stereocenters. The van der Waals surface area contributed by atoms with Gasteiger partial charge in [0.2, 0.25) is 11.8 Å². The first-order chi connectivity index (χ1) is 9.15. The summed E-state index contributed by atoms with van der Waals surface area (Å²) in [5.41, 5.74) is 0. The highest BCUT2D eigenvalue weighted by Crippen LogP contribution is 1.97. The summed E-state index contributed by atoms with van der Waals surface area (Å²) in [4.78, 5) is 24.7.